The van der Waals surface area contributed by atoms with Crippen LogP contribution in [-0.4, -0.2) is 54.0 Å². The monoisotopic (exact) mass is 318 g/mol. The highest BCUT2D eigenvalue weighted by Crippen LogP contribution is 2.35. The molecule has 0 aromatic heterocycles. The number of hydrogen-bond acceptors (Lipinski definition) is 3. The van der Waals surface area contributed by atoms with E-state index in [1.807, 2.05) is 23.1 Å². The number of aliphatic hydroxyl groups excluding tert-OH is 1. The van der Waals surface area contributed by atoms with Crippen LogP contribution in [0.1, 0.15) is 31.2 Å². The predicted octanol–water partition coefficient (Wildman–Crippen LogP) is 1.94. The Kier molecular flexibility index (Phi) is 5.18. The summed E-state index contributed by atoms with van der Waals surface area (Å²) in [7, 11) is 0. The number of ether oxygens (including phenoxy) is 1. The maximum absolute atomic E-state index is 12.3. The summed E-state index contributed by atoms with van der Waals surface area (Å²) in [6.45, 7) is 2.66. The van der Waals surface area contributed by atoms with Gasteiger partial charge in [-0.05, 0) is 37.7 Å². The number of hydrogen-bond donors (Lipinski definition) is 2. The molecule has 2 saturated heterocycles. The van der Waals surface area contributed by atoms with E-state index in [-0.39, 0.29) is 12.1 Å². The van der Waals surface area contributed by atoms with E-state index in [9.17, 15) is 9.90 Å². The second-order valence-electron chi connectivity index (χ2n) is 6.53. The lowest BCUT2D eigenvalue weighted by Crippen LogP contribution is -2.57. The molecule has 2 aliphatic heterocycles. The number of amides is 2. The van der Waals surface area contributed by atoms with Crippen molar-refractivity contribution < 1.29 is 14.6 Å². The molecule has 1 atom stereocenters. The summed E-state index contributed by atoms with van der Waals surface area (Å²) < 4.78 is 5.88. The van der Waals surface area contributed by atoms with Crippen LogP contribution in [0.5, 0.6) is 0 Å². The second kappa shape index (κ2) is 7.32. The van der Waals surface area contributed by atoms with Gasteiger partial charge >= 0.3 is 6.03 Å². The van der Waals surface area contributed by atoms with Crippen LogP contribution >= 0.6 is 0 Å². The van der Waals surface area contributed by atoms with Gasteiger partial charge in [0.05, 0.1) is 11.7 Å². The van der Waals surface area contributed by atoms with Crippen molar-refractivity contribution in [3.8, 4) is 0 Å². The number of likely N-dealkylation sites (tertiary alicyclic amines) is 1. The van der Waals surface area contributed by atoms with E-state index in [2.05, 4.69) is 17.4 Å². The lowest BCUT2D eigenvalue weighted by molar-refractivity contribution is -0.173. The molecule has 0 bridgehead atoms. The van der Waals surface area contributed by atoms with Gasteiger partial charge in [-0.25, -0.2) is 4.79 Å². The smallest absolute Gasteiger partial charge is 0.317 e. The van der Waals surface area contributed by atoms with Gasteiger partial charge in [0.2, 0.25) is 0 Å². The van der Waals surface area contributed by atoms with Gasteiger partial charge in [-0.2, -0.15) is 0 Å². The first-order valence-corrected chi connectivity index (χ1v) is 8.58. The zero-order valence-electron chi connectivity index (χ0n) is 13.5. The normalized spacial score (nSPS) is 23.7. The van der Waals surface area contributed by atoms with Gasteiger partial charge in [0.1, 0.15) is 0 Å². The highest BCUT2D eigenvalue weighted by molar-refractivity contribution is 5.74. The van der Waals surface area contributed by atoms with Crippen molar-refractivity contribution in [3.05, 3.63) is 35.9 Å². The van der Waals surface area contributed by atoms with Crippen LogP contribution in [-0.2, 0) is 11.2 Å². The first kappa shape index (κ1) is 16.3. The SMILES string of the molecule is O=C(NCCc1ccccc1)N1CCC2(CC1)OCCC[C@H]2O. The molecule has 0 radical (unpaired) electrons. The summed E-state index contributed by atoms with van der Waals surface area (Å²) in [6.07, 6.45) is 3.63. The van der Waals surface area contributed by atoms with E-state index in [4.69, 9.17) is 4.74 Å². The number of nitrogens with zero attached hydrogens (tertiary/aromatic N) is 1. The van der Waals surface area contributed by atoms with Gasteiger partial charge in [-0.3, -0.25) is 0 Å². The molecule has 5 heteroatoms. The number of carbonyl (C=O) groups is 1. The van der Waals surface area contributed by atoms with Gasteiger partial charge in [-0.15, -0.1) is 0 Å². The van der Waals surface area contributed by atoms with Crippen molar-refractivity contribution in [2.75, 3.05) is 26.2 Å². The number of benzene rings is 1. The van der Waals surface area contributed by atoms with Crippen molar-refractivity contribution in [1.82, 2.24) is 10.2 Å². The summed E-state index contributed by atoms with van der Waals surface area (Å²) in [5, 5.41) is 13.2. The molecular formula is C18H26N2O3. The highest BCUT2D eigenvalue weighted by atomic mass is 16.5. The van der Waals surface area contributed by atoms with E-state index in [0.29, 0.717) is 19.6 Å². The first-order chi connectivity index (χ1) is 11.2. The van der Waals surface area contributed by atoms with Gasteiger partial charge in [0, 0.05) is 26.2 Å². The largest absolute Gasteiger partial charge is 0.390 e. The van der Waals surface area contributed by atoms with Crippen molar-refractivity contribution in [1.29, 1.82) is 0 Å². The molecule has 0 unspecified atom stereocenters. The van der Waals surface area contributed by atoms with Crippen LogP contribution in [0.3, 0.4) is 0 Å². The molecule has 126 valence electrons. The Morgan fingerprint density at radius 3 is 2.74 bits per heavy atom. The van der Waals surface area contributed by atoms with Crippen LogP contribution < -0.4 is 5.32 Å². The van der Waals surface area contributed by atoms with Crippen LogP contribution in [0, 0.1) is 0 Å². The molecule has 2 aliphatic rings. The average Bonchev–Trinajstić information content (AvgIpc) is 2.59. The zero-order chi connectivity index (χ0) is 16.1. The third kappa shape index (κ3) is 3.85. The minimum atomic E-state index is -0.418. The third-order valence-corrected chi connectivity index (χ3v) is 5.05. The third-order valence-electron chi connectivity index (χ3n) is 5.05. The fourth-order valence-corrected chi connectivity index (χ4v) is 3.55. The lowest BCUT2D eigenvalue weighted by Gasteiger charge is -2.46. The molecule has 0 aliphatic carbocycles. The van der Waals surface area contributed by atoms with E-state index >= 15 is 0 Å². The van der Waals surface area contributed by atoms with Crippen molar-refractivity contribution in [2.45, 2.75) is 43.8 Å². The quantitative estimate of drug-likeness (QED) is 0.895. The predicted molar refractivity (Wildman–Crippen MR) is 88.3 cm³/mol. The van der Waals surface area contributed by atoms with Gasteiger partial charge in [0.25, 0.3) is 0 Å². The van der Waals surface area contributed by atoms with E-state index < -0.39 is 5.60 Å². The Morgan fingerprint density at radius 2 is 2.04 bits per heavy atom. The molecule has 1 aromatic carbocycles. The lowest BCUT2D eigenvalue weighted by atomic mass is 9.82. The summed E-state index contributed by atoms with van der Waals surface area (Å²) in [6, 6.07) is 10.1. The van der Waals surface area contributed by atoms with Crippen LogP contribution in [0.2, 0.25) is 0 Å². The second-order valence-corrected chi connectivity index (χ2v) is 6.53. The van der Waals surface area contributed by atoms with E-state index in [1.165, 1.54) is 5.56 Å². The maximum atomic E-state index is 12.3. The molecule has 0 saturated carbocycles. The van der Waals surface area contributed by atoms with Crippen LogP contribution in [0.15, 0.2) is 30.3 Å². The molecule has 5 nitrogen and oxygen atoms in total. The van der Waals surface area contributed by atoms with Crippen molar-refractivity contribution in [2.24, 2.45) is 0 Å². The van der Waals surface area contributed by atoms with Gasteiger partial charge < -0.3 is 20.1 Å². The number of urea groups is 1. The Bertz CT molecular complexity index is 512. The fourth-order valence-electron chi connectivity index (χ4n) is 3.55. The molecule has 2 N–H and O–H groups in total. The molecule has 2 heterocycles. The zero-order valence-corrected chi connectivity index (χ0v) is 13.5. The van der Waals surface area contributed by atoms with Crippen LogP contribution in [0.25, 0.3) is 0 Å². The minimum absolute atomic E-state index is 0.0129. The topological polar surface area (TPSA) is 61.8 Å². The number of rotatable bonds is 3. The number of piperidine rings is 1. The van der Waals surface area contributed by atoms with E-state index in [1.54, 1.807) is 0 Å². The number of carbonyl (C=O) groups excluding carboxylic acids is 1. The average molecular weight is 318 g/mol. The molecule has 1 spiro atoms. The minimum Gasteiger partial charge on any atom is -0.390 e. The summed E-state index contributed by atoms with van der Waals surface area (Å²) in [5.41, 5.74) is 0.808. The van der Waals surface area contributed by atoms with Gasteiger partial charge in [0.15, 0.2) is 0 Å². The summed E-state index contributed by atoms with van der Waals surface area (Å²) in [4.78, 5) is 14.1. The number of aliphatic hydroxyl groups is 1. The Balaban J connectivity index is 1.43. The molecular weight excluding hydrogens is 292 g/mol. The Hall–Kier alpha value is -1.59. The summed E-state index contributed by atoms with van der Waals surface area (Å²) >= 11 is 0. The molecule has 3 rings (SSSR count). The first-order valence-electron chi connectivity index (χ1n) is 8.58. The van der Waals surface area contributed by atoms with Crippen LogP contribution in [0.4, 0.5) is 4.79 Å². The molecule has 2 amide bonds. The maximum Gasteiger partial charge on any atom is 0.317 e. The van der Waals surface area contributed by atoms with Gasteiger partial charge in [-0.1, -0.05) is 30.3 Å². The van der Waals surface area contributed by atoms with E-state index in [0.717, 1.165) is 38.7 Å². The van der Waals surface area contributed by atoms with Crippen molar-refractivity contribution in [3.63, 3.8) is 0 Å². The highest BCUT2D eigenvalue weighted by Gasteiger charge is 2.44. The molecule has 2 fully saturated rings. The molecule has 1 aromatic rings. The molecule has 23 heavy (non-hydrogen) atoms. The summed E-state index contributed by atoms with van der Waals surface area (Å²) in [5.74, 6) is 0. The standard InChI is InChI=1S/C18H26N2O3/c21-16-7-4-14-23-18(16)9-12-20(13-10-18)17(22)19-11-8-15-5-2-1-3-6-15/h1-3,5-6,16,21H,4,7-14H2,(H,19,22)/t16-/m1/s1. The fraction of sp³-hybridized carbons (Fsp3) is 0.611. The Labute approximate surface area is 137 Å². The number of nitrogens with one attached hydrogen (secondary N) is 1. The Morgan fingerprint density at radius 1 is 1.30 bits per heavy atom. The van der Waals surface area contributed by atoms with Crippen molar-refractivity contribution >= 4 is 6.03 Å².